The van der Waals surface area contributed by atoms with Crippen LogP contribution in [0.2, 0.25) is 5.02 Å². The summed E-state index contributed by atoms with van der Waals surface area (Å²) < 4.78 is 5.78. The molecule has 0 saturated carbocycles. The second-order valence-electron chi connectivity index (χ2n) is 7.55. The van der Waals surface area contributed by atoms with Crippen LogP contribution >= 0.6 is 11.6 Å². The summed E-state index contributed by atoms with van der Waals surface area (Å²) in [6, 6.07) is 18.9. The normalized spacial score (nSPS) is 10.6. The number of rotatable bonds is 10. The molecule has 3 aromatic rings. The minimum absolute atomic E-state index is 0.0417. The molecule has 6 heteroatoms. The largest absolute Gasteiger partial charge is 0.455 e. The lowest BCUT2D eigenvalue weighted by Crippen LogP contribution is -2.07. The molecule has 0 aromatic heterocycles. The summed E-state index contributed by atoms with van der Waals surface area (Å²) in [6.07, 6.45) is 1.21. The minimum atomic E-state index is -0.145. The number of nitrogens with two attached hydrogens (primary N) is 1. The Kier molecular flexibility index (Phi) is 7.79. The number of Topliss-reactive ketones (excluding diaryl/α,β-unsaturated/α-hetero) is 3. The highest BCUT2D eigenvalue weighted by atomic mass is 35.5. The Morgan fingerprint density at radius 3 is 2.19 bits per heavy atom. The van der Waals surface area contributed by atoms with Crippen molar-refractivity contribution in [3.05, 3.63) is 88.4 Å². The molecule has 0 fully saturated rings. The van der Waals surface area contributed by atoms with Crippen LogP contribution in [0.1, 0.15) is 52.5 Å². The van der Waals surface area contributed by atoms with E-state index in [-0.39, 0.29) is 35.9 Å². The van der Waals surface area contributed by atoms with Crippen molar-refractivity contribution < 1.29 is 19.1 Å². The minimum Gasteiger partial charge on any atom is -0.455 e. The van der Waals surface area contributed by atoms with Crippen LogP contribution < -0.4 is 10.5 Å². The number of halogens is 1. The quantitative estimate of drug-likeness (QED) is 0.299. The van der Waals surface area contributed by atoms with E-state index in [1.54, 1.807) is 66.7 Å². The molecule has 0 heterocycles. The zero-order chi connectivity index (χ0) is 23.1. The van der Waals surface area contributed by atoms with Crippen molar-refractivity contribution in [2.24, 2.45) is 0 Å². The van der Waals surface area contributed by atoms with Crippen LogP contribution in [0, 0.1) is 0 Å². The lowest BCUT2D eigenvalue weighted by molar-refractivity contribution is -0.116. The number of ketones is 3. The molecule has 0 radical (unpaired) electrons. The molecular weight excluding hydrogens is 426 g/mol. The molecule has 0 saturated heterocycles. The van der Waals surface area contributed by atoms with Crippen LogP contribution in [0.25, 0.3) is 0 Å². The summed E-state index contributed by atoms with van der Waals surface area (Å²) in [6.45, 7) is 1.53. The maximum Gasteiger partial charge on any atom is 0.165 e. The highest BCUT2D eigenvalue weighted by Gasteiger charge is 2.15. The van der Waals surface area contributed by atoms with Crippen molar-refractivity contribution in [3.8, 4) is 11.5 Å². The zero-order valence-electron chi connectivity index (χ0n) is 17.8. The molecule has 0 unspecified atom stereocenters. The summed E-state index contributed by atoms with van der Waals surface area (Å²) in [4.78, 5) is 36.3. The van der Waals surface area contributed by atoms with Gasteiger partial charge in [-0.15, -0.1) is 0 Å². The van der Waals surface area contributed by atoms with Crippen LogP contribution in [-0.4, -0.2) is 17.3 Å². The predicted octanol–water partition coefficient (Wildman–Crippen LogP) is 6.08. The third-order valence-corrected chi connectivity index (χ3v) is 5.20. The fourth-order valence-electron chi connectivity index (χ4n) is 3.29. The fourth-order valence-corrected chi connectivity index (χ4v) is 3.42. The Hall–Kier alpha value is -3.44. The molecule has 164 valence electrons. The first-order valence-corrected chi connectivity index (χ1v) is 10.7. The van der Waals surface area contributed by atoms with Crippen LogP contribution in [-0.2, 0) is 11.2 Å². The zero-order valence-corrected chi connectivity index (χ0v) is 18.5. The second kappa shape index (κ2) is 10.7. The van der Waals surface area contributed by atoms with Crippen LogP contribution in [0.5, 0.6) is 11.5 Å². The molecule has 2 N–H and O–H groups in total. The van der Waals surface area contributed by atoms with Gasteiger partial charge in [0.25, 0.3) is 0 Å². The molecule has 0 amide bonds. The summed E-state index contributed by atoms with van der Waals surface area (Å²) in [7, 11) is 0. The first-order chi connectivity index (χ1) is 15.3. The van der Waals surface area contributed by atoms with Gasteiger partial charge in [-0.25, -0.2) is 0 Å². The van der Waals surface area contributed by atoms with Crippen LogP contribution in [0.4, 0.5) is 5.69 Å². The van der Waals surface area contributed by atoms with Crippen molar-refractivity contribution in [1.82, 2.24) is 0 Å². The Bertz CT molecular complexity index is 1120. The average molecular weight is 450 g/mol. The number of nitrogen functional groups attached to an aromatic ring is 1. The van der Waals surface area contributed by atoms with Gasteiger partial charge >= 0.3 is 0 Å². The topological polar surface area (TPSA) is 86.5 Å². The molecule has 3 aromatic carbocycles. The average Bonchev–Trinajstić information content (AvgIpc) is 2.76. The number of para-hydroxylation sites is 1. The van der Waals surface area contributed by atoms with E-state index >= 15 is 0 Å². The Balaban J connectivity index is 1.57. The summed E-state index contributed by atoms with van der Waals surface area (Å²) in [5.41, 5.74) is 8.25. The van der Waals surface area contributed by atoms with Gasteiger partial charge in [-0.1, -0.05) is 41.9 Å². The third kappa shape index (κ3) is 6.28. The number of carbonyl (C=O) groups is 3. The summed E-state index contributed by atoms with van der Waals surface area (Å²) >= 11 is 5.89. The monoisotopic (exact) mass is 449 g/mol. The molecular formula is C26H24ClNO4. The number of benzene rings is 3. The van der Waals surface area contributed by atoms with Gasteiger partial charge in [-0.3, -0.25) is 14.4 Å². The number of hydrogen-bond donors (Lipinski definition) is 1. The van der Waals surface area contributed by atoms with E-state index in [1.807, 2.05) is 0 Å². The Morgan fingerprint density at radius 1 is 0.875 bits per heavy atom. The number of anilines is 1. The van der Waals surface area contributed by atoms with Gasteiger partial charge in [-0.05, 0) is 55.3 Å². The van der Waals surface area contributed by atoms with E-state index < -0.39 is 0 Å². The van der Waals surface area contributed by atoms with E-state index in [2.05, 4.69) is 0 Å². The predicted molar refractivity (Wildman–Crippen MR) is 126 cm³/mol. The van der Waals surface area contributed by atoms with Gasteiger partial charge in [0, 0.05) is 35.4 Å². The second-order valence-corrected chi connectivity index (χ2v) is 7.99. The number of carbonyl (C=O) groups excluding carboxylic acids is 3. The molecule has 0 aliphatic carbocycles. The molecule has 0 bridgehead atoms. The molecule has 3 rings (SSSR count). The molecule has 0 aliphatic rings. The van der Waals surface area contributed by atoms with Crippen molar-refractivity contribution >= 4 is 34.6 Å². The Labute approximate surface area is 192 Å². The first kappa shape index (κ1) is 23.2. The van der Waals surface area contributed by atoms with Gasteiger partial charge < -0.3 is 10.5 Å². The lowest BCUT2D eigenvalue weighted by Gasteiger charge is -2.12. The molecule has 0 aliphatic heterocycles. The standard InChI is InChI=1S/C26H24ClNO4/c1-17(29)16-18-8-10-19(11-9-18)23(30)5-3-6-24(31)22-4-2-7-25(26(22)28)32-21-14-12-20(27)13-15-21/h2,4,7-15H,3,5-6,16,28H2,1H3. The number of ether oxygens (including phenoxy) is 1. The van der Waals surface area contributed by atoms with Gasteiger partial charge in [0.1, 0.15) is 11.5 Å². The molecule has 5 nitrogen and oxygen atoms in total. The van der Waals surface area contributed by atoms with Crippen LogP contribution in [0.3, 0.4) is 0 Å². The maximum atomic E-state index is 12.7. The van der Waals surface area contributed by atoms with Crippen molar-refractivity contribution in [3.63, 3.8) is 0 Å². The van der Waals surface area contributed by atoms with E-state index in [0.717, 1.165) is 5.56 Å². The SMILES string of the molecule is CC(=O)Cc1ccc(C(=O)CCCC(=O)c2cccc(Oc3ccc(Cl)cc3)c2N)cc1. The molecule has 32 heavy (non-hydrogen) atoms. The Morgan fingerprint density at radius 2 is 1.53 bits per heavy atom. The van der Waals surface area contributed by atoms with E-state index in [0.29, 0.717) is 40.5 Å². The van der Waals surface area contributed by atoms with Crippen molar-refractivity contribution in [2.75, 3.05) is 5.73 Å². The van der Waals surface area contributed by atoms with E-state index in [9.17, 15) is 14.4 Å². The van der Waals surface area contributed by atoms with Gasteiger partial charge in [0.2, 0.25) is 0 Å². The smallest absolute Gasteiger partial charge is 0.165 e. The van der Waals surface area contributed by atoms with Gasteiger partial charge in [-0.2, -0.15) is 0 Å². The number of hydrogen-bond acceptors (Lipinski definition) is 5. The van der Waals surface area contributed by atoms with E-state index in [4.69, 9.17) is 22.1 Å². The van der Waals surface area contributed by atoms with Crippen LogP contribution in [0.15, 0.2) is 66.7 Å². The maximum absolute atomic E-state index is 12.7. The summed E-state index contributed by atoms with van der Waals surface area (Å²) in [5, 5.41) is 0.593. The van der Waals surface area contributed by atoms with E-state index in [1.165, 1.54) is 6.92 Å². The fraction of sp³-hybridized carbons (Fsp3) is 0.192. The highest BCUT2D eigenvalue weighted by molar-refractivity contribution is 6.30. The van der Waals surface area contributed by atoms with Crippen molar-refractivity contribution in [2.45, 2.75) is 32.6 Å². The van der Waals surface area contributed by atoms with Crippen molar-refractivity contribution in [1.29, 1.82) is 0 Å². The third-order valence-electron chi connectivity index (χ3n) is 4.94. The summed E-state index contributed by atoms with van der Waals surface area (Å²) in [5.74, 6) is 0.837. The van der Waals surface area contributed by atoms with Gasteiger partial charge in [0.05, 0.1) is 5.69 Å². The van der Waals surface area contributed by atoms with Gasteiger partial charge in [0.15, 0.2) is 17.3 Å². The first-order valence-electron chi connectivity index (χ1n) is 10.3. The molecule has 0 spiro atoms. The lowest BCUT2D eigenvalue weighted by atomic mass is 9.99. The highest BCUT2D eigenvalue weighted by Crippen LogP contribution is 2.31. The molecule has 0 atom stereocenters.